The maximum Gasteiger partial charge on any atom is 0.417 e. The minimum Gasteiger partial charge on any atom is -0.394 e. The van der Waals surface area contributed by atoms with E-state index < -0.39 is 11.7 Å². The zero-order chi connectivity index (χ0) is 12.6. The van der Waals surface area contributed by atoms with E-state index in [2.05, 4.69) is 10.1 Å². The first-order valence-electron chi connectivity index (χ1n) is 4.52. The molecule has 0 saturated carbocycles. The summed E-state index contributed by atoms with van der Waals surface area (Å²) in [6.45, 7) is 0. The first-order valence-corrected chi connectivity index (χ1v) is 4.52. The minimum atomic E-state index is -4.42. The molecule has 0 aromatic carbocycles. The highest BCUT2D eigenvalue weighted by molar-refractivity contribution is 5.59. The number of hydrogen-bond acceptors (Lipinski definition) is 4. The summed E-state index contributed by atoms with van der Waals surface area (Å²) in [5, 5.41) is 3.80. The third-order valence-electron chi connectivity index (χ3n) is 2.13. The van der Waals surface area contributed by atoms with Crippen LogP contribution in [0.5, 0.6) is 0 Å². The van der Waals surface area contributed by atoms with Crippen LogP contribution in [0.2, 0.25) is 0 Å². The van der Waals surface area contributed by atoms with Crippen LogP contribution < -0.4 is 11.5 Å². The fourth-order valence-corrected chi connectivity index (χ4v) is 1.23. The highest BCUT2D eigenvalue weighted by Gasteiger charge is 2.30. The molecule has 0 unspecified atom stereocenters. The van der Waals surface area contributed by atoms with Gasteiger partial charge in [0.25, 0.3) is 0 Å². The van der Waals surface area contributed by atoms with Crippen LogP contribution in [0.15, 0.2) is 24.5 Å². The van der Waals surface area contributed by atoms with Gasteiger partial charge in [-0.05, 0) is 12.1 Å². The second-order valence-electron chi connectivity index (χ2n) is 3.30. The fraction of sp³-hybridized carbons (Fsp3) is 0.111. The van der Waals surface area contributed by atoms with Gasteiger partial charge in [-0.25, -0.2) is 4.98 Å². The van der Waals surface area contributed by atoms with Crippen molar-refractivity contribution in [1.82, 2.24) is 14.8 Å². The lowest BCUT2D eigenvalue weighted by Crippen LogP contribution is -2.08. The lowest BCUT2D eigenvalue weighted by atomic mass is 10.3. The van der Waals surface area contributed by atoms with Crippen molar-refractivity contribution in [2.45, 2.75) is 6.18 Å². The molecule has 0 atom stereocenters. The molecule has 0 fully saturated rings. The molecule has 8 heteroatoms. The van der Waals surface area contributed by atoms with E-state index in [0.29, 0.717) is 6.20 Å². The van der Waals surface area contributed by atoms with E-state index in [-0.39, 0.29) is 17.3 Å². The second kappa shape index (κ2) is 3.65. The number of nitrogen functional groups attached to an aromatic ring is 2. The van der Waals surface area contributed by atoms with E-state index in [4.69, 9.17) is 11.5 Å². The number of nitrogens with two attached hydrogens (primary N) is 2. The predicted molar refractivity (Wildman–Crippen MR) is 55.2 cm³/mol. The Hall–Kier alpha value is -2.25. The SMILES string of the molecule is Nc1cnn(-c2ccc(C(F)(F)F)cn2)c1N. The monoisotopic (exact) mass is 243 g/mol. The van der Waals surface area contributed by atoms with Crippen LogP contribution in [-0.2, 0) is 6.18 Å². The van der Waals surface area contributed by atoms with Gasteiger partial charge in [-0.1, -0.05) is 0 Å². The van der Waals surface area contributed by atoms with Gasteiger partial charge in [0.05, 0.1) is 17.4 Å². The molecule has 2 rings (SSSR count). The number of pyridine rings is 1. The molecule has 17 heavy (non-hydrogen) atoms. The van der Waals surface area contributed by atoms with Gasteiger partial charge in [-0.2, -0.15) is 23.0 Å². The summed E-state index contributed by atoms with van der Waals surface area (Å²) in [6, 6.07) is 2.07. The molecule has 2 aromatic heterocycles. The highest BCUT2D eigenvalue weighted by atomic mass is 19.4. The van der Waals surface area contributed by atoms with E-state index in [1.807, 2.05) is 0 Å². The van der Waals surface area contributed by atoms with Gasteiger partial charge in [-0.3, -0.25) is 0 Å². The molecule has 0 aliphatic carbocycles. The Kier molecular flexibility index (Phi) is 2.41. The normalized spacial score (nSPS) is 11.7. The maximum absolute atomic E-state index is 12.3. The standard InChI is InChI=1S/C9H8F3N5/c10-9(11,12)5-1-2-7(15-3-5)17-8(14)6(13)4-16-17/h1-4H,13-14H2. The van der Waals surface area contributed by atoms with E-state index in [9.17, 15) is 13.2 Å². The van der Waals surface area contributed by atoms with Gasteiger partial charge < -0.3 is 11.5 Å². The minimum absolute atomic E-state index is 0.136. The summed E-state index contributed by atoms with van der Waals surface area (Å²) < 4.78 is 38.1. The van der Waals surface area contributed by atoms with Crippen molar-refractivity contribution < 1.29 is 13.2 Å². The smallest absolute Gasteiger partial charge is 0.394 e. The van der Waals surface area contributed by atoms with Crippen molar-refractivity contribution in [1.29, 1.82) is 0 Å². The highest BCUT2D eigenvalue weighted by Crippen LogP contribution is 2.29. The van der Waals surface area contributed by atoms with Crippen molar-refractivity contribution in [3.63, 3.8) is 0 Å². The van der Waals surface area contributed by atoms with Gasteiger partial charge >= 0.3 is 6.18 Å². The summed E-state index contributed by atoms with van der Waals surface area (Å²) in [7, 11) is 0. The summed E-state index contributed by atoms with van der Waals surface area (Å²) >= 11 is 0. The lowest BCUT2D eigenvalue weighted by Gasteiger charge is -2.07. The van der Waals surface area contributed by atoms with Crippen molar-refractivity contribution in [2.24, 2.45) is 0 Å². The largest absolute Gasteiger partial charge is 0.417 e. The summed E-state index contributed by atoms with van der Waals surface area (Å²) in [6.07, 6.45) is -2.40. The lowest BCUT2D eigenvalue weighted by molar-refractivity contribution is -0.137. The molecule has 2 aromatic rings. The first kappa shape index (κ1) is 11.2. The number of nitrogens with zero attached hydrogens (tertiary/aromatic N) is 3. The van der Waals surface area contributed by atoms with Gasteiger partial charge in [0, 0.05) is 6.20 Å². The summed E-state index contributed by atoms with van der Waals surface area (Å²) in [5.74, 6) is 0.310. The molecule has 2 heterocycles. The Labute approximate surface area is 93.9 Å². The number of rotatable bonds is 1. The molecule has 5 nitrogen and oxygen atoms in total. The predicted octanol–water partition coefficient (Wildman–Crippen LogP) is 1.45. The van der Waals surface area contributed by atoms with Crippen molar-refractivity contribution in [3.8, 4) is 5.82 Å². The summed E-state index contributed by atoms with van der Waals surface area (Å²) in [5.41, 5.74) is 10.4. The van der Waals surface area contributed by atoms with E-state index >= 15 is 0 Å². The first-order chi connectivity index (χ1) is 7.89. The number of hydrogen-bond donors (Lipinski definition) is 2. The topological polar surface area (TPSA) is 82.8 Å². The second-order valence-corrected chi connectivity index (χ2v) is 3.30. The van der Waals surface area contributed by atoms with E-state index in [1.54, 1.807) is 0 Å². The quantitative estimate of drug-likeness (QED) is 0.794. The molecule has 0 aliphatic heterocycles. The zero-order valence-electron chi connectivity index (χ0n) is 8.44. The Bertz CT molecular complexity index is 529. The fourth-order valence-electron chi connectivity index (χ4n) is 1.23. The number of alkyl halides is 3. The van der Waals surface area contributed by atoms with E-state index in [0.717, 1.165) is 10.7 Å². The van der Waals surface area contributed by atoms with E-state index in [1.165, 1.54) is 12.3 Å². The number of halogens is 3. The maximum atomic E-state index is 12.3. The summed E-state index contributed by atoms with van der Waals surface area (Å²) in [4.78, 5) is 3.63. The van der Waals surface area contributed by atoms with Crippen molar-refractivity contribution in [3.05, 3.63) is 30.1 Å². The van der Waals surface area contributed by atoms with Gasteiger partial charge in [0.15, 0.2) is 11.6 Å². The average molecular weight is 243 g/mol. The number of aromatic nitrogens is 3. The molecular weight excluding hydrogens is 235 g/mol. The average Bonchev–Trinajstić information content (AvgIpc) is 2.59. The van der Waals surface area contributed by atoms with Crippen LogP contribution in [0, 0.1) is 0 Å². The van der Waals surface area contributed by atoms with Crippen LogP contribution in [0.1, 0.15) is 5.56 Å². The third kappa shape index (κ3) is 2.01. The van der Waals surface area contributed by atoms with Crippen LogP contribution in [-0.4, -0.2) is 14.8 Å². The Morgan fingerprint density at radius 2 is 1.82 bits per heavy atom. The molecule has 0 bridgehead atoms. The Morgan fingerprint density at radius 3 is 2.24 bits per heavy atom. The Morgan fingerprint density at radius 1 is 1.12 bits per heavy atom. The molecule has 0 saturated heterocycles. The molecule has 0 amide bonds. The van der Waals surface area contributed by atoms with Crippen LogP contribution in [0.25, 0.3) is 5.82 Å². The van der Waals surface area contributed by atoms with Gasteiger partial charge in [-0.15, -0.1) is 0 Å². The number of anilines is 2. The van der Waals surface area contributed by atoms with Crippen molar-refractivity contribution >= 4 is 11.5 Å². The van der Waals surface area contributed by atoms with Crippen molar-refractivity contribution in [2.75, 3.05) is 11.5 Å². The van der Waals surface area contributed by atoms with Crippen LogP contribution in [0.4, 0.5) is 24.7 Å². The molecule has 0 aliphatic rings. The Balaban J connectivity index is 2.40. The molecular formula is C9H8F3N5. The van der Waals surface area contributed by atoms with Crippen LogP contribution in [0.3, 0.4) is 0 Å². The van der Waals surface area contributed by atoms with Gasteiger partial charge in [0.2, 0.25) is 0 Å². The molecule has 0 spiro atoms. The van der Waals surface area contributed by atoms with Crippen LogP contribution >= 0.6 is 0 Å². The molecule has 90 valence electrons. The third-order valence-corrected chi connectivity index (χ3v) is 2.13. The molecule has 4 N–H and O–H groups in total. The molecule has 0 radical (unpaired) electrons. The van der Waals surface area contributed by atoms with Gasteiger partial charge in [0.1, 0.15) is 0 Å². The zero-order valence-corrected chi connectivity index (χ0v) is 8.44.